The van der Waals surface area contributed by atoms with Crippen molar-refractivity contribution in [3.05, 3.63) is 46.8 Å². The van der Waals surface area contributed by atoms with Gasteiger partial charge in [-0.1, -0.05) is 12.1 Å². The molecule has 0 N–H and O–H groups in total. The summed E-state index contributed by atoms with van der Waals surface area (Å²) in [5.41, 5.74) is 0.107. The van der Waals surface area contributed by atoms with E-state index in [2.05, 4.69) is 0 Å². The van der Waals surface area contributed by atoms with Crippen LogP contribution in [-0.4, -0.2) is 55.6 Å². The van der Waals surface area contributed by atoms with Crippen LogP contribution in [0.3, 0.4) is 0 Å². The zero-order chi connectivity index (χ0) is 19.4. The molecule has 4 nitrogen and oxygen atoms in total. The lowest BCUT2D eigenvalue weighted by atomic mass is 10.1. The average Bonchev–Trinajstić information content (AvgIpc) is 3.10. The van der Waals surface area contributed by atoms with E-state index in [1.807, 2.05) is 29.0 Å². The van der Waals surface area contributed by atoms with Crippen LogP contribution in [0.25, 0.3) is 10.4 Å². The minimum Gasteiger partial charge on any atom is -0.378 e. The highest BCUT2D eigenvalue weighted by atomic mass is 32.1. The summed E-state index contributed by atoms with van der Waals surface area (Å²) in [6.45, 7) is 3.36. The van der Waals surface area contributed by atoms with Gasteiger partial charge < -0.3 is 9.64 Å². The zero-order valence-electron chi connectivity index (χ0n) is 15.0. The maximum Gasteiger partial charge on any atom is 0.416 e. The number of rotatable bonds is 5. The normalized spacial score (nSPS) is 15.4. The molecule has 1 amide bonds. The van der Waals surface area contributed by atoms with Gasteiger partial charge in [0.1, 0.15) is 0 Å². The number of thiophene rings is 1. The smallest absolute Gasteiger partial charge is 0.378 e. The second-order valence-corrected chi connectivity index (χ2v) is 7.67. The molecule has 2 heterocycles. The standard InChI is InChI=1S/C19H21F3N2O2S/c1-23(13-18(25)24-8-10-26-11-9-24)12-16-6-7-17(27-16)14-2-4-15(5-3-14)19(20,21)22/h2-7H,8-13H2,1H3. The van der Waals surface area contributed by atoms with Crippen LogP contribution in [0.5, 0.6) is 0 Å². The number of ether oxygens (including phenoxy) is 1. The fraction of sp³-hybridized carbons (Fsp3) is 0.421. The quantitative estimate of drug-likeness (QED) is 0.770. The lowest BCUT2D eigenvalue weighted by molar-refractivity contribution is -0.137. The third-order valence-corrected chi connectivity index (χ3v) is 5.47. The summed E-state index contributed by atoms with van der Waals surface area (Å²) in [6, 6.07) is 9.03. The lowest BCUT2D eigenvalue weighted by Gasteiger charge is -2.28. The predicted octanol–water partition coefficient (Wildman–Crippen LogP) is 3.72. The molecular formula is C19H21F3N2O2S. The van der Waals surface area contributed by atoms with Crippen LogP contribution in [-0.2, 0) is 22.3 Å². The lowest BCUT2D eigenvalue weighted by Crippen LogP contribution is -2.44. The van der Waals surface area contributed by atoms with Crippen molar-refractivity contribution in [2.75, 3.05) is 39.9 Å². The van der Waals surface area contributed by atoms with Gasteiger partial charge in [-0.05, 0) is 36.9 Å². The predicted molar refractivity (Wildman–Crippen MR) is 98.5 cm³/mol. The van der Waals surface area contributed by atoms with E-state index < -0.39 is 11.7 Å². The molecule has 8 heteroatoms. The Morgan fingerprint density at radius 1 is 1.15 bits per heavy atom. The van der Waals surface area contributed by atoms with Gasteiger partial charge in [0, 0.05) is 29.4 Å². The number of nitrogens with zero attached hydrogens (tertiary/aromatic N) is 2. The van der Waals surface area contributed by atoms with Gasteiger partial charge in [-0.25, -0.2) is 0 Å². The Bertz CT molecular complexity index is 768. The van der Waals surface area contributed by atoms with Crippen LogP contribution >= 0.6 is 11.3 Å². The Morgan fingerprint density at radius 2 is 1.81 bits per heavy atom. The molecule has 1 aliphatic rings. The molecule has 3 rings (SSSR count). The van der Waals surface area contributed by atoms with Gasteiger partial charge in [-0.15, -0.1) is 11.3 Å². The largest absolute Gasteiger partial charge is 0.416 e. The first kappa shape index (κ1) is 19.9. The fourth-order valence-electron chi connectivity index (χ4n) is 2.91. The molecule has 1 fully saturated rings. The topological polar surface area (TPSA) is 32.8 Å². The van der Waals surface area contributed by atoms with Gasteiger partial charge in [0.15, 0.2) is 0 Å². The highest BCUT2D eigenvalue weighted by Gasteiger charge is 2.30. The Hall–Kier alpha value is -1.90. The molecule has 1 aromatic carbocycles. The molecule has 27 heavy (non-hydrogen) atoms. The van der Waals surface area contributed by atoms with Gasteiger partial charge in [-0.2, -0.15) is 13.2 Å². The number of likely N-dealkylation sites (N-methyl/N-ethyl adjacent to an activating group) is 1. The van der Waals surface area contributed by atoms with Gasteiger partial charge in [0.05, 0.1) is 25.3 Å². The van der Waals surface area contributed by atoms with Gasteiger partial charge in [0.2, 0.25) is 5.91 Å². The Balaban J connectivity index is 1.58. The Kier molecular flexibility index (Phi) is 6.18. The molecule has 1 saturated heterocycles. The zero-order valence-corrected chi connectivity index (χ0v) is 15.8. The number of morpholine rings is 1. The van der Waals surface area contributed by atoms with Crippen LogP contribution in [0.15, 0.2) is 36.4 Å². The van der Waals surface area contributed by atoms with E-state index >= 15 is 0 Å². The van der Waals surface area contributed by atoms with E-state index in [-0.39, 0.29) is 5.91 Å². The minimum absolute atomic E-state index is 0.0836. The third-order valence-electron chi connectivity index (χ3n) is 4.35. The van der Waals surface area contributed by atoms with Crippen molar-refractivity contribution < 1.29 is 22.7 Å². The first-order valence-electron chi connectivity index (χ1n) is 8.63. The summed E-state index contributed by atoms with van der Waals surface area (Å²) >= 11 is 1.52. The molecule has 0 unspecified atom stereocenters. The fourth-order valence-corrected chi connectivity index (χ4v) is 4.00. The molecule has 0 radical (unpaired) electrons. The molecule has 0 spiro atoms. The summed E-state index contributed by atoms with van der Waals surface area (Å²) in [4.78, 5) is 18.0. The van der Waals surface area contributed by atoms with E-state index in [0.29, 0.717) is 39.4 Å². The molecule has 0 saturated carbocycles. The van der Waals surface area contributed by atoms with Gasteiger partial charge in [0.25, 0.3) is 0 Å². The maximum atomic E-state index is 12.7. The number of alkyl halides is 3. The molecule has 0 bridgehead atoms. The molecule has 1 aromatic heterocycles. The van der Waals surface area contributed by atoms with Crippen LogP contribution in [0.1, 0.15) is 10.4 Å². The van der Waals surface area contributed by atoms with E-state index in [0.717, 1.165) is 27.5 Å². The number of hydrogen-bond acceptors (Lipinski definition) is 4. The van der Waals surface area contributed by atoms with Gasteiger partial charge in [-0.3, -0.25) is 9.69 Å². The highest BCUT2D eigenvalue weighted by molar-refractivity contribution is 7.15. The second-order valence-electron chi connectivity index (χ2n) is 6.51. The van der Waals surface area contributed by atoms with Crippen molar-refractivity contribution in [1.29, 1.82) is 0 Å². The van der Waals surface area contributed by atoms with Gasteiger partial charge >= 0.3 is 6.18 Å². The molecular weight excluding hydrogens is 377 g/mol. The molecule has 2 aromatic rings. The van der Waals surface area contributed by atoms with Crippen molar-refractivity contribution in [3.63, 3.8) is 0 Å². The molecule has 0 atom stereocenters. The number of hydrogen-bond donors (Lipinski definition) is 0. The van der Waals surface area contributed by atoms with E-state index in [9.17, 15) is 18.0 Å². The monoisotopic (exact) mass is 398 g/mol. The second kappa shape index (κ2) is 8.41. The third kappa shape index (κ3) is 5.31. The number of benzene rings is 1. The number of carbonyl (C=O) groups excluding carboxylic acids is 1. The highest BCUT2D eigenvalue weighted by Crippen LogP contribution is 2.33. The average molecular weight is 398 g/mol. The van der Waals surface area contributed by atoms with Crippen molar-refractivity contribution in [1.82, 2.24) is 9.80 Å². The number of halogens is 3. The minimum atomic E-state index is -4.32. The van der Waals surface area contributed by atoms with Crippen molar-refractivity contribution in [2.24, 2.45) is 0 Å². The van der Waals surface area contributed by atoms with E-state index in [1.54, 1.807) is 0 Å². The van der Waals surface area contributed by atoms with Crippen molar-refractivity contribution in [2.45, 2.75) is 12.7 Å². The van der Waals surface area contributed by atoms with Crippen molar-refractivity contribution >= 4 is 17.2 Å². The molecule has 146 valence electrons. The Morgan fingerprint density at radius 3 is 2.44 bits per heavy atom. The summed E-state index contributed by atoms with van der Waals surface area (Å²) in [5.74, 6) is 0.0836. The van der Waals surface area contributed by atoms with E-state index in [4.69, 9.17) is 4.74 Å². The summed E-state index contributed by atoms with van der Waals surface area (Å²) in [5, 5.41) is 0. The van der Waals surface area contributed by atoms with E-state index in [1.165, 1.54) is 23.5 Å². The van der Waals surface area contributed by atoms with Crippen LogP contribution in [0.4, 0.5) is 13.2 Å². The van der Waals surface area contributed by atoms with Crippen LogP contribution in [0, 0.1) is 0 Å². The number of amides is 1. The number of carbonyl (C=O) groups is 1. The summed E-state index contributed by atoms with van der Waals surface area (Å²) in [7, 11) is 1.88. The maximum absolute atomic E-state index is 12.7. The summed E-state index contributed by atoms with van der Waals surface area (Å²) in [6.07, 6.45) is -4.32. The van der Waals surface area contributed by atoms with Crippen LogP contribution < -0.4 is 0 Å². The summed E-state index contributed by atoms with van der Waals surface area (Å²) < 4.78 is 43.3. The molecule has 1 aliphatic heterocycles. The first-order chi connectivity index (χ1) is 12.8. The Labute approximate surface area is 160 Å². The van der Waals surface area contributed by atoms with Crippen molar-refractivity contribution in [3.8, 4) is 10.4 Å². The SMILES string of the molecule is CN(CC(=O)N1CCOCC1)Cc1ccc(-c2ccc(C(F)(F)F)cc2)s1. The molecule has 0 aliphatic carbocycles. The van der Waals surface area contributed by atoms with Crippen LogP contribution in [0.2, 0.25) is 0 Å². The first-order valence-corrected chi connectivity index (χ1v) is 9.45.